The average Bonchev–Trinajstić information content (AvgIpc) is 2.27. The van der Waals surface area contributed by atoms with E-state index in [2.05, 4.69) is 4.90 Å². The summed E-state index contributed by atoms with van der Waals surface area (Å²) < 4.78 is 30.0. The second-order valence-corrected chi connectivity index (χ2v) is 6.89. The number of hydrogen-bond acceptors (Lipinski definition) is 4. The van der Waals surface area contributed by atoms with Gasteiger partial charge in [0.25, 0.3) is 10.1 Å². The molecule has 0 aliphatic carbocycles. The van der Waals surface area contributed by atoms with E-state index in [0.717, 1.165) is 30.5 Å². The van der Waals surface area contributed by atoms with Crippen molar-refractivity contribution in [3.8, 4) is 0 Å². The van der Waals surface area contributed by atoms with Crippen molar-refractivity contribution in [2.24, 2.45) is 0 Å². The maximum Gasteiger partial charge on any atom is 0.297 e. The Labute approximate surface area is 115 Å². The van der Waals surface area contributed by atoms with Gasteiger partial charge in [0.1, 0.15) is 0 Å². The third-order valence-corrected chi connectivity index (χ3v) is 4.97. The summed E-state index contributed by atoms with van der Waals surface area (Å²) in [6.45, 7) is 5.42. The van der Waals surface area contributed by atoms with Gasteiger partial charge in [-0.25, -0.2) is 0 Å². The fourth-order valence-electron chi connectivity index (χ4n) is 2.51. The Morgan fingerprint density at radius 2 is 2.05 bits per heavy atom. The van der Waals surface area contributed by atoms with E-state index in [-0.39, 0.29) is 11.0 Å². The molecule has 0 saturated carbocycles. The van der Waals surface area contributed by atoms with E-state index in [4.69, 9.17) is 4.18 Å². The molecule has 0 N–H and O–H groups in total. The molecule has 2 rings (SSSR count). The minimum absolute atomic E-state index is 0.232. The van der Waals surface area contributed by atoms with Crippen LogP contribution in [0, 0.1) is 13.8 Å². The van der Waals surface area contributed by atoms with Gasteiger partial charge in [0.2, 0.25) is 0 Å². The average molecular weight is 283 g/mol. The van der Waals surface area contributed by atoms with Crippen LogP contribution in [0.1, 0.15) is 24.0 Å². The fraction of sp³-hybridized carbons (Fsp3) is 0.571. The molecular weight excluding hydrogens is 262 g/mol. The lowest BCUT2D eigenvalue weighted by molar-refractivity contribution is 0.110. The molecule has 1 aliphatic heterocycles. The highest BCUT2D eigenvalue weighted by molar-refractivity contribution is 7.86. The lowest BCUT2D eigenvalue weighted by Gasteiger charge is -2.29. The van der Waals surface area contributed by atoms with Crippen LogP contribution in [0.5, 0.6) is 0 Å². The van der Waals surface area contributed by atoms with Crippen molar-refractivity contribution in [3.05, 3.63) is 29.3 Å². The van der Waals surface area contributed by atoms with Crippen LogP contribution < -0.4 is 0 Å². The molecule has 1 aliphatic rings. The number of rotatable bonds is 3. The molecule has 0 aromatic heterocycles. The number of likely N-dealkylation sites (tertiary alicyclic amines) is 1. The first kappa shape index (κ1) is 14.5. The molecule has 5 heteroatoms. The van der Waals surface area contributed by atoms with Crippen LogP contribution in [0.15, 0.2) is 23.1 Å². The van der Waals surface area contributed by atoms with E-state index < -0.39 is 10.1 Å². The van der Waals surface area contributed by atoms with Crippen LogP contribution in [-0.4, -0.2) is 39.6 Å². The minimum atomic E-state index is -3.66. The van der Waals surface area contributed by atoms with Crippen LogP contribution in [-0.2, 0) is 14.3 Å². The van der Waals surface area contributed by atoms with Gasteiger partial charge in [-0.05, 0) is 51.9 Å². The number of piperidine rings is 1. The molecule has 4 nitrogen and oxygen atoms in total. The Balaban J connectivity index is 2.18. The maximum atomic E-state index is 12.3. The Bertz CT molecular complexity index is 554. The fourth-order valence-corrected chi connectivity index (χ4v) is 3.82. The number of aryl methyl sites for hydroxylation is 2. The van der Waals surface area contributed by atoms with Gasteiger partial charge in [0.05, 0.1) is 11.0 Å². The van der Waals surface area contributed by atoms with Crippen molar-refractivity contribution in [1.29, 1.82) is 0 Å². The summed E-state index contributed by atoms with van der Waals surface area (Å²) in [6, 6.07) is 5.30. The maximum absolute atomic E-state index is 12.3. The number of likely N-dealkylation sites (N-methyl/N-ethyl adjacent to an activating group) is 1. The summed E-state index contributed by atoms with van der Waals surface area (Å²) in [5.41, 5.74) is 1.79. The first-order valence-electron chi connectivity index (χ1n) is 6.57. The summed E-state index contributed by atoms with van der Waals surface area (Å²) in [7, 11) is -1.67. The summed E-state index contributed by atoms with van der Waals surface area (Å²) >= 11 is 0. The Kier molecular flexibility index (Phi) is 4.28. The smallest absolute Gasteiger partial charge is 0.297 e. The normalized spacial score (nSPS) is 21.5. The van der Waals surface area contributed by atoms with Gasteiger partial charge in [-0.1, -0.05) is 17.7 Å². The third-order valence-electron chi connectivity index (χ3n) is 3.44. The zero-order valence-corrected chi connectivity index (χ0v) is 12.5. The van der Waals surface area contributed by atoms with Gasteiger partial charge in [0.15, 0.2) is 0 Å². The molecule has 106 valence electrons. The van der Waals surface area contributed by atoms with Gasteiger partial charge >= 0.3 is 0 Å². The van der Waals surface area contributed by atoms with Gasteiger partial charge in [-0.15, -0.1) is 0 Å². The standard InChI is InChI=1S/C14H21NO3S/c1-11-6-7-14(12(2)9-11)19(16,17)18-13-5-4-8-15(3)10-13/h6-7,9,13H,4-5,8,10H2,1-3H3. The highest BCUT2D eigenvalue weighted by Gasteiger charge is 2.26. The molecule has 19 heavy (non-hydrogen) atoms. The van der Waals surface area contributed by atoms with Crippen molar-refractivity contribution in [2.75, 3.05) is 20.1 Å². The molecule has 1 unspecified atom stereocenters. The van der Waals surface area contributed by atoms with Crippen LogP contribution in [0.25, 0.3) is 0 Å². The summed E-state index contributed by atoms with van der Waals surface area (Å²) in [6.07, 6.45) is 1.54. The Morgan fingerprint density at radius 3 is 2.68 bits per heavy atom. The van der Waals surface area contributed by atoms with E-state index in [1.807, 2.05) is 20.0 Å². The predicted molar refractivity (Wildman–Crippen MR) is 74.7 cm³/mol. The van der Waals surface area contributed by atoms with Gasteiger partial charge in [-0.3, -0.25) is 4.18 Å². The molecule has 1 aromatic rings. The first-order valence-corrected chi connectivity index (χ1v) is 7.98. The molecule has 1 aromatic carbocycles. The Morgan fingerprint density at radius 1 is 1.32 bits per heavy atom. The lowest BCUT2D eigenvalue weighted by atomic mass is 10.1. The summed E-state index contributed by atoms with van der Waals surface area (Å²) in [5.74, 6) is 0. The van der Waals surface area contributed by atoms with Crippen molar-refractivity contribution in [2.45, 2.75) is 37.7 Å². The van der Waals surface area contributed by atoms with E-state index in [9.17, 15) is 8.42 Å². The van der Waals surface area contributed by atoms with Gasteiger partial charge < -0.3 is 4.90 Å². The zero-order valence-electron chi connectivity index (χ0n) is 11.7. The largest absolute Gasteiger partial charge is 0.304 e. The molecule has 0 radical (unpaired) electrons. The third kappa shape index (κ3) is 3.55. The molecule has 1 fully saturated rings. The predicted octanol–water partition coefficient (Wildman–Crippen LogP) is 2.10. The molecule has 1 atom stereocenters. The van der Waals surface area contributed by atoms with Crippen LogP contribution in [0.2, 0.25) is 0 Å². The highest BCUT2D eigenvalue weighted by Crippen LogP contribution is 2.22. The summed E-state index contributed by atoms with van der Waals surface area (Å²) in [5, 5.41) is 0. The first-order chi connectivity index (χ1) is 8.88. The minimum Gasteiger partial charge on any atom is -0.304 e. The number of hydrogen-bond donors (Lipinski definition) is 0. The van der Waals surface area contributed by atoms with Crippen LogP contribution >= 0.6 is 0 Å². The van der Waals surface area contributed by atoms with Crippen molar-refractivity contribution >= 4 is 10.1 Å². The second-order valence-electron chi connectivity index (χ2n) is 5.35. The van der Waals surface area contributed by atoms with Crippen LogP contribution in [0.3, 0.4) is 0 Å². The summed E-state index contributed by atoms with van der Waals surface area (Å²) in [4.78, 5) is 2.39. The number of benzene rings is 1. The lowest BCUT2D eigenvalue weighted by Crippen LogP contribution is -2.38. The van der Waals surface area contributed by atoms with E-state index in [0.29, 0.717) is 6.54 Å². The molecule has 1 heterocycles. The highest BCUT2D eigenvalue weighted by atomic mass is 32.2. The van der Waals surface area contributed by atoms with E-state index in [1.54, 1.807) is 19.1 Å². The number of nitrogens with zero attached hydrogens (tertiary/aromatic N) is 1. The molecule has 0 bridgehead atoms. The Hall–Kier alpha value is -0.910. The molecular formula is C14H21NO3S. The van der Waals surface area contributed by atoms with Crippen molar-refractivity contribution < 1.29 is 12.6 Å². The second kappa shape index (κ2) is 5.61. The zero-order chi connectivity index (χ0) is 14.0. The van der Waals surface area contributed by atoms with E-state index in [1.165, 1.54) is 0 Å². The van der Waals surface area contributed by atoms with Crippen molar-refractivity contribution in [1.82, 2.24) is 4.90 Å². The molecule has 0 amide bonds. The monoisotopic (exact) mass is 283 g/mol. The SMILES string of the molecule is Cc1ccc(S(=O)(=O)OC2CCCN(C)C2)c(C)c1. The van der Waals surface area contributed by atoms with Crippen LogP contribution in [0.4, 0.5) is 0 Å². The molecule has 1 saturated heterocycles. The van der Waals surface area contributed by atoms with Gasteiger partial charge in [-0.2, -0.15) is 8.42 Å². The molecule has 0 spiro atoms. The van der Waals surface area contributed by atoms with Gasteiger partial charge in [0, 0.05) is 6.54 Å². The quantitative estimate of drug-likeness (QED) is 0.797. The van der Waals surface area contributed by atoms with E-state index >= 15 is 0 Å². The van der Waals surface area contributed by atoms with Crippen molar-refractivity contribution in [3.63, 3.8) is 0 Å². The topological polar surface area (TPSA) is 46.6 Å².